The van der Waals surface area contributed by atoms with Crippen LogP contribution in [0.25, 0.3) is 5.69 Å². The Labute approximate surface area is 141 Å². The molecule has 0 radical (unpaired) electrons. The van der Waals surface area contributed by atoms with Gasteiger partial charge in [0.15, 0.2) is 6.61 Å². The van der Waals surface area contributed by atoms with E-state index in [0.29, 0.717) is 16.2 Å². The Kier molecular flexibility index (Phi) is 4.68. The van der Waals surface area contributed by atoms with Crippen molar-refractivity contribution in [3.8, 4) is 11.6 Å². The van der Waals surface area contributed by atoms with Crippen LogP contribution in [0.4, 0.5) is 5.82 Å². The van der Waals surface area contributed by atoms with E-state index >= 15 is 0 Å². The Morgan fingerprint density at radius 3 is 2.70 bits per heavy atom. The molecule has 23 heavy (non-hydrogen) atoms. The Morgan fingerprint density at radius 1 is 1.17 bits per heavy atom. The molecule has 0 spiro atoms. The molecule has 0 saturated carbocycles. The molecular formula is C16H13BrN4O2. The van der Waals surface area contributed by atoms with Gasteiger partial charge >= 0.3 is 0 Å². The highest BCUT2D eigenvalue weighted by Crippen LogP contribution is 2.24. The third-order valence-corrected chi connectivity index (χ3v) is 3.48. The van der Waals surface area contributed by atoms with Crippen molar-refractivity contribution < 1.29 is 9.53 Å². The van der Waals surface area contributed by atoms with Crippen molar-refractivity contribution >= 4 is 27.7 Å². The molecule has 2 heterocycles. The van der Waals surface area contributed by atoms with Crippen LogP contribution in [-0.2, 0) is 4.79 Å². The zero-order valence-electron chi connectivity index (χ0n) is 12.0. The zero-order valence-corrected chi connectivity index (χ0v) is 13.6. The van der Waals surface area contributed by atoms with Gasteiger partial charge in [0.2, 0.25) is 5.88 Å². The van der Waals surface area contributed by atoms with Crippen LogP contribution in [0, 0.1) is 0 Å². The average molecular weight is 373 g/mol. The van der Waals surface area contributed by atoms with Gasteiger partial charge in [-0.3, -0.25) is 4.79 Å². The maximum Gasteiger partial charge on any atom is 0.263 e. The first-order chi connectivity index (χ1) is 11.2. The van der Waals surface area contributed by atoms with Gasteiger partial charge in [-0.05, 0) is 40.2 Å². The monoisotopic (exact) mass is 372 g/mol. The molecule has 0 bridgehead atoms. The number of halogens is 1. The number of hydrogen-bond donors (Lipinski definition) is 1. The van der Waals surface area contributed by atoms with E-state index in [2.05, 4.69) is 31.3 Å². The summed E-state index contributed by atoms with van der Waals surface area (Å²) in [7, 11) is 0. The predicted octanol–water partition coefficient (Wildman–Crippen LogP) is 3.05. The molecule has 0 unspecified atom stereocenters. The molecule has 6 nitrogen and oxygen atoms in total. The molecule has 2 aromatic heterocycles. The minimum Gasteiger partial charge on any atom is -0.466 e. The molecule has 0 aliphatic carbocycles. The first kappa shape index (κ1) is 15.2. The summed E-state index contributed by atoms with van der Waals surface area (Å²) in [4.78, 5) is 15.9. The van der Waals surface area contributed by atoms with Gasteiger partial charge in [-0.25, -0.2) is 9.67 Å². The number of para-hydroxylation sites is 1. The molecule has 7 heteroatoms. The highest BCUT2D eigenvalue weighted by atomic mass is 79.9. The lowest BCUT2D eigenvalue weighted by Gasteiger charge is -2.05. The number of nitrogens with zero attached hydrogens (tertiary/aromatic N) is 3. The molecule has 116 valence electrons. The molecule has 3 rings (SSSR count). The Morgan fingerprint density at radius 2 is 1.96 bits per heavy atom. The van der Waals surface area contributed by atoms with Crippen LogP contribution in [0.5, 0.6) is 5.88 Å². The van der Waals surface area contributed by atoms with Gasteiger partial charge in [-0.15, -0.1) is 5.10 Å². The summed E-state index contributed by atoms with van der Waals surface area (Å²) in [5, 5.41) is 6.96. The number of benzene rings is 1. The van der Waals surface area contributed by atoms with Gasteiger partial charge in [-0.1, -0.05) is 24.3 Å². The number of rotatable bonds is 5. The molecule has 0 fully saturated rings. The summed E-state index contributed by atoms with van der Waals surface area (Å²) in [6.45, 7) is -0.152. The van der Waals surface area contributed by atoms with Gasteiger partial charge < -0.3 is 10.1 Å². The first-order valence-corrected chi connectivity index (χ1v) is 7.66. The van der Waals surface area contributed by atoms with Crippen molar-refractivity contribution in [3.05, 3.63) is 65.4 Å². The molecule has 1 aromatic carbocycles. The number of ether oxygens (including phenoxy) is 1. The molecule has 0 saturated heterocycles. The Bertz CT molecular complexity index is 790. The maximum absolute atomic E-state index is 11.8. The second kappa shape index (κ2) is 7.06. The summed E-state index contributed by atoms with van der Waals surface area (Å²) in [5.74, 6) is 0.532. The molecule has 0 aliphatic rings. The highest BCUT2D eigenvalue weighted by Gasteiger charge is 2.11. The summed E-state index contributed by atoms with van der Waals surface area (Å²) >= 11 is 3.38. The molecule has 0 atom stereocenters. The smallest absolute Gasteiger partial charge is 0.263 e. The van der Waals surface area contributed by atoms with Crippen LogP contribution in [0.2, 0.25) is 0 Å². The molecule has 1 amide bonds. The van der Waals surface area contributed by atoms with Crippen molar-refractivity contribution in [1.29, 1.82) is 0 Å². The van der Waals surface area contributed by atoms with Crippen molar-refractivity contribution in [3.63, 3.8) is 0 Å². The van der Waals surface area contributed by atoms with Crippen molar-refractivity contribution in [1.82, 2.24) is 14.8 Å². The molecule has 3 aromatic rings. The van der Waals surface area contributed by atoms with E-state index in [-0.39, 0.29) is 12.5 Å². The van der Waals surface area contributed by atoms with Gasteiger partial charge in [0.05, 0.1) is 10.2 Å². The van der Waals surface area contributed by atoms with E-state index in [1.165, 1.54) is 0 Å². The van der Waals surface area contributed by atoms with E-state index in [9.17, 15) is 4.79 Å². The second-order valence-corrected chi connectivity index (χ2v) is 5.47. The van der Waals surface area contributed by atoms with Crippen LogP contribution in [0.15, 0.2) is 65.4 Å². The Hall–Kier alpha value is -2.67. The predicted molar refractivity (Wildman–Crippen MR) is 89.6 cm³/mol. The lowest BCUT2D eigenvalue weighted by Crippen LogP contribution is -2.21. The maximum atomic E-state index is 11.8. The number of carbonyl (C=O) groups excluding carboxylic acids is 1. The van der Waals surface area contributed by atoms with E-state index in [4.69, 9.17) is 4.74 Å². The normalized spacial score (nSPS) is 10.3. The number of amides is 1. The van der Waals surface area contributed by atoms with Crippen LogP contribution >= 0.6 is 15.9 Å². The second-order valence-electron chi connectivity index (χ2n) is 4.61. The standard InChI is InChI=1S/C16H13BrN4O2/c17-13-10-21(12-6-2-1-3-7-12)20-16(13)23-11-15(22)19-14-8-4-5-9-18-14/h1-10H,11H2,(H,18,19,22). The van der Waals surface area contributed by atoms with E-state index in [1.54, 1.807) is 35.3 Å². The number of hydrogen-bond acceptors (Lipinski definition) is 4. The number of carbonyl (C=O) groups is 1. The van der Waals surface area contributed by atoms with Crippen molar-refractivity contribution in [2.45, 2.75) is 0 Å². The largest absolute Gasteiger partial charge is 0.466 e. The lowest BCUT2D eigenvalue weighted by molar-refractivity contribution is -0.118. The fourth-order valence-corrected chi connectivity index (χ4v) is 2.29. The van der Waals surface area contributed by atoms with Crippen LogP contribution < -0.4 is 10.1 Å². The lowest BCUT2D eigenvalue weighted by atomic mass is 10.3. The topological polar surface area (TPSA) is 69.0 Å². The molecular weight excluding hydrogens is 360 g/mol. The van der Waals surface area contributed by atoms with Crippen molar-refractivity contribution in [2.75, 3.05) is 11.9 Å². The summed E-state index contributed by atoms with van der Waals surface area (Å²) in [5.41, 5.74) is 0.904. The number of aromatic nitrogens is 3. The summed E-state index contributed by atoms with van der Waals surface area (Å²) < 4.78 is 7.80. The zero-order chi connectivity index (χ0) is 16.1. The fourth-order valence-electron chi connectivity index (χ4n) is 1.90. The van der Waals surface area contributed by atoms with E-state index in [0.717, 1.165) is 5.69 Å². The number of pyridine rings is 1. The first-order valence-electron chi connectivity index (χ1n) is 6.86. The van der Waals surface area contributed by atoms with Crippen LogP contribution in [0.3, 0.4) is 0 Å². The van der Waals surface area contributed by atoms with Crippen LogP contribution in [0.1, 0.15) is 0 Å². The third kappa shape index (κ3) is 3.95. The third-order valence-electron chi connectivity index (χ3n) is 2.93. The minimum atomic E-state index is -0.301. The molecule has 0 aliphatic heterocycles. The highest BCUT2D eigenvalue weighted by molar-refractivity contribution is 9.10. The summed E-state index contributed by atoms with van der Waals surface area (Å²) in [6.07, 6.45) is 3.38. The average Bonchev–Trinajstić information content (AvgIpc) is 2.96. The SMILES string of the molecule is O=C(COc1nn(-c2ccccc2)cc1Br)Nc1ccccn1. The van der Waals surface area contributed by atoms with Crippen LogP contribution in [-0.4, -0.2) is 27.3 Å². The Balaban J connectivity index is 1.62. The fraction of sp³-hybridized carbons (Fsp3) is 0.0625. The minimum absolute atomic E-state index is 0.152. The quantitative estimate of drug-likeness (QED) is 0.747. The van der Waals surface area contributed by atoms with Gasteiger partial charge in [0.25, 0.3) is 5.91 Å². The number of anilines is 1. The number of nitrogens with one attached hydrogen (secondary N) is 1. The molecule has 1 N–H and O–H groups in total. The van der Waals surface area contributed by atoms with Gasteiger partial charge in [0.1, 0.15) is 5.82 Å². The van der Waals surface area contributed by atoms with Gasteiger partial charge in [-0.2, -0.15) is 0 Å². The summed E-state index contributed by atoms with van der Waals surface area (Å²) in [6, 6.07) is 14.9. The van der Waals surface area contributed by atoms with Gasteiger partial charge in [0, 0.05) is 12.4 Å². The van der Waals surface area contributed by atoms with E-state index < -0.39 is 0 Å². The van der Waals surface area contributed by atoms with E-state index in [1.807, 2.05) is 30.3 Å². The van der Waals surface area contributed by atoms with Crippen molar-refractivity contribution in [2.24, 2.45) is 0 Å².